The van der Waals surface area contributed by atoms with Crippen LogP contribution in [-0.4, -0.2) is 4.83 Å². The van der Waals surface area contributed by atoms with Crippen molar-refractivity contribution in [3.05, 3.63) is 35.4 Å². The zero-order valence-electron chi connectivity index (χ0n) is 7.36. The van der Waals surface area contributed by atoms with Crippen LogP contribution in [0.15, 0.2) is 18.2 Å². The van der Waals surface area contributed by atoms with Gasteiger partial charge in [-0.25, -0.2) is 8.78 Å². The summed E-state index contributed by atoms with van der Waals surface area (Å²) in [6.45, 7) is 2.04. The second kappa shape index (κ2) is 4.70. The van der Waals surface area contributed by atoms with Crippen LogP contribution in [-0.2, 0) is 6.42 Å². The predicted molar refractivity (Wildman–Crippen MR) is 53.1 cm³/mol. The highest BCUT2D eigenvalue weighted by atomic mass is 79.9. The average molecular weight is 249 g/mol. The summed E-state index contributed by atoms with van der Waals surface area (Å²) < 4.78 is 25.3. The molecule has 0 radical (unpaired) electrons. The molecule has 0 aliphatic heterocycles. The van der Waals surface area contributed by atoms with Crippen molar-refractivity contribution < 1.29 is 8.78 Å². The normalized spacial score (nSPS) is 12.9. The molecule has 0 saturated carbocycles. The van der Waals surface area contributed by atoms with Gasteiger partial charge in [-0.05, 0) is 30.5 Å². The molecular weight excluding hydrogens is 238 g/mol. The number of hydrogen-bond donors (Lipinski definition) is 0. The van der Waals surface area contributed by atoms with Crippen LogP contribution in [0.25, 0.3) is 0 Å². The number of benzene rings is 1. The van der Waals surface area contributed by atoms with E-state index in [4.69, 9.17) is 0 Å². The van der Waals surface area contributed by atoms with Crippen molar-refractivity contribution in [2.45, 2.75) is 24.6 Å². The lowest BCUT2D eigenvalue weighted by Gasteiger charge is -2.06. The first-order chi connectivity index (χ1) is 6.13. The van der Waals surface area contributed by atoms with E-state index in [1.165, 1.54) is 12.1 Å². The molecule has 1 rings (SSSR count). The van der Waals surface area contributed by atoms with Gasteiger partial charge in [-0.3, -0.25) is 0 Å². The number of hydrogen-bond acceptors (Lipinski definition) is 0. The number of alkyl halides is 1. The Kier molecular flexibility index (Phi) is 3.85. The zero-order valence-corrected chi connectivity index (χ0v) is 8.94. The molecule has 1 atom stereocenters. The number of halogens is 3. The lowest BCUT2D eigenvalue weighted by atomic mass is 10.1. The van der Waals surface area contributed by atoms with Crippen molar-refractivity contribution in [2.24, 2.45) is 0 Å². The van der Waals surface area contributed by atoms with E-state index < -0.39 is 11.6 Å². The molecule has 1 unspecified atom stereocenters. The minimum atomic E-state index is -0.786. The topological polar surface area (TPSA) is 0 Å². The Hall–Kier alpha value is -0.440. The molecule has 0 bridgehead atoms. The van der Waals surface area contributed by atoms with E-state index in [0.717, 1.165) is 18.4 Å². The molecule has 0 aliphatic rings. The maximum Gasteiger partial charge on any atom is 0.159 e. The van der Waals surface area contributed by atoms with Crippen molar-refractivity contribution >= 4 is 15.9 Å². The summed E-state index contributed by atoms with van der Waals surface area (Å²) >= 11 is 3.44. The van der Waals surface area contributed by atoms with Crippen LogP contribution in [0.3, 0.4) is 0 Å². The second-order valence-corrected chi connectivity index (χ2v) is 4.25. The maximum atomic E-state index is 12.7. The molecular formula is C10H11BrF2. The summed E-state index contributed by atoms with van der Waals surface area (Å²) in [5.74, 6) is -1.56. The van der Waals surface area contributed by atoms with E-state index in [1.54, 1.807) is 6.07 Å². The minimum Gasteiger partial charge on any atom is -0.204 e. The highest BCUT2D eigenvalue weighted by molar-refractivity contribution is 9.09. The van der Waals surface area contributed by atoms with E-state index in [1.807, 2.05) is 6.92 Å². The van der Waals surface area contributed by atoms with Crippen molar-refractivity contribution in [1.82, 2.24) is 0 Å². The summed E-state index contributed by atoms with van der Waals surface area (Å²) in [6, 6.07) is 4.03. The Bertz CT molecular complexity index is 286. The van der Waals surface area contributed by atoms with E-state index >= 15 is 0 Å². The van der Waals surface area contributed by atoms with E-state index in [2.05, 4.69) is 15.9 Å². The summed E-state index contributed by atoms with van der Waals surface area (Å²) in [6.07, 6.45) is 1.70. The van der Waals surface area contributed by atoms with Gasteiger partial charge in [0.05, 0.1) is 0 Å². The van der Waals surface area contributed by atoms with E-state index in [-0.39, 0.29) is 0 Å². The molecule has 1 aromatic rings. The molecule has 0 aliphatic carbocycles. The maximum absolute atomic E-state index is 12.7. The molecule has 0 saturated heterocycles. The van der Waals surface area contributed by atoms with Crippen molar-refractivity contribution in [3.8, 4) is 0 Å². The van der Waals surface area contributed by atoms with Crippen LogP contribution in [0.2, 0.25) is 0 Å². The van der Waals surface area contributed by atoms with Crippen molar-refractivity contribution in [1.29, 1.82) is 0 Å². The predicted octanol–water partition coefficient (Wildman–Crippen LogP) is 3.68. The monoisotopic (exact) mass is 248 g/mol. The van der Waals surface area contributed by atoms with Gasteiger partial charge in [-0.1, -0.05) is 28.9 Å². The molecule has 1 aromatic carbocycles. The second-order valence-electron chi connectivity index (χ2n) is 2.96. The van der Waals surface area contributed by atoms with Gasteiger partial charge in [0.25, 0.3) is 0 Å². The third-order valence-corrected chi connectivity index (χ3v) is 2.86. The molecule has 0 heterocycles. The van der Waals surface area contributed by atoms with Gasteiger partial charge < -0.3 is 0 Å². The van der Waals surface area contributed by atoms with Crippen molar-refractivity contribution in [3.63, 3.8) is 0 Å². The smallest absolute Gasteiger partial charge is 0.159 e. The lowest BCUT2D eigenvalue weighted by molar-refractivity contribution is 0.507. The SMILES string of the molecule is CCC(Br)Cc1ccc(F)c(F)c1. The Labute approximate surface area is 85.1 Å². The van der Waals surface area contributed by atoms with Gasteiger partial charge in [0, 0.05) is 4.83 Å². The van der Waals surface area contributed by atoms with Crippen LogP contribution < -0.4 is 0 Å². The Morgan fingerprint density at radius 3 is 2.54 bits per heavy atom. The molecule has 72 valence electrons. The molecule has 13 heavy (non-hydrogen) atoms. The third kappa shape index (κ3) is 3.07. The first-order valence-electron chi connectivity index (χ1n) is 4.21. The Morgan fingerprint density at radius 2 is 2.00 bits per heavy atom. The van der Waals surface area contributed by atoms with Crippen LogP contribution in [0.4, 0.5) is 8.78 Å². The van der Waals surface area contributed by atoms with Crippen LogP contribution >= 0.6 is 15.9 Å². The molecule has 0 fully saturated rings. The highest BCUT2D eigenvalue weighted by Gasteiger charge is 2.06. The Morgan fingerprint density at radius 1 is 1.31 bits per heavy atom. The van der Waals surface area contributed by atoms with Crippen LogP contribution in [0.5, 0.6) is 0 Å². The van der Waals surface area contributed by atoms with Crippen LogP contribution in [0, 0.1) is 11.6 Å². The molecule has 0 amide bonds. The summed E-state index contributed by atoms with van der Waals surface area (Å²) in [5.41, 5.74) is 0.822. The molecule has 0 aromatic heterocycles. The van der Waals surface area contributed by atoms with Gasteiger partial charge >= 0.3 is 0 Å². The largest absolute Gasteiger partial charge is 0.204 e. The van der Waals surface area contributed by atoms with Crippen LogP contribution in [0.1, 0.15) is 18.9 Å². The van der Waals surface area contributed by atoms with E-state index in [0.29, 0.717) is 4.83 Å². The minimum absolute atomic E-state index is 0.331. The fourth-order valence-electron chi connectivity index (χ4n) is 1.07. The quantitative estimate of drug-likeness (QED) is 0.717. The summed E-state index contributed by atoms with van der Waals surface area (Å²) in [7, 11) is 0. The average Bonchev–Trinajstić information content (AvgIpc) is 2.11. The summed E-state index contributed by atoms with van der Waals surface area (Å²) in [5, 5.41) is 0. The van der Waals surface area contributed by atoms with E-state index in [9.17, 15) is 8.78 Å². The molecule has 0 nitrogen and oxygen atoms in total. The number of rotatable bonds is 3. The standard InChI is InChI=1S/C10H11BrF2/c1-2-8(11)5-7-3-4-9(12)10(13)6-7/h3-4,6,8H,2,5H2,1H3. The van der Waals surface area contributed by atoms with Gasteiger partial charge in [0.15, 0.2) is 11.6 Å². The summed E-state index contributed by atoms with van der Waals surface area (Å²) in [4.78, 5) is 0.331. The zero-order chi connectivity index (χ0) is 9.84. The van der Waals surface area contributed by atoms with Gasteiger partial charge in [0.2, 0.25) is 0 Å². The first kappa shape index (κ1) is 10.6. The van der Waals surface area contributed by atoms with Gasteiger partial charge in [-0.2, -0.15) is 0 Å². The third-order valence-electron chi connectivity index (χ3n) is 1.88. The van der Waals surface area contributed by atoms with Gasteiger partial charge in [-0.15, -0.1) is 0 Å². The van der Waals surface area contributed by atoms with Gasteiger partial charge in [0.1, 0.15) is 0 Å². The fraction of sp³-hybridized carbons (Fsp3) is 0.400. The molecule has 0 spiro atoms. The lowest BCUT2D eigenvalue weighted by Crippen LogP contribution is -2.01. The first-order valence-corrected chi connectivity index (χ1v) is 5.13. The Balaban J connectivity index is 2.73. The highest BCUT2D eigenvalue weighted by Crippen LogP contribution is 2.15. The van der Waals surface area contributed by atoms with Crippen molar-refractivity contribution in [2.75, 3.05) is 0 Å². The fourth-order valence-corrected chi connectivity index (χ4v) is 1.44. The molecule has 0 N–H and O–H groups in total. The molecule has 3 heteroatoms.